The molecule has 0 aromatic carbocycles. The average molecular weight is 240 g/mol. The van der Waals surface area contributed by atoms with Crippen molar-refractivity contribution in [2.75, 3.05) is 6.54 Å². The molecule has 1 amide bonds. The van der Waals surface area contributed by atoms with E-state index in [1.807, 2.05) is 27.7 Å². The molecule has 3 unspecified atom stereocenters. The Bertz CT molecular complexity index is 320. The van der Waals surface area contributed by atoms with Gasteiger partial charge in [-0.2, -0.15) is 0 Å². The molecule has 0 aromatic heterocycles. The number of rotatable bonds is 2. The molecule has 4 heteroatoms. The summed E-state index contributed by atoms with van der Waals surface area (Å²) in [6.45, 7) is 10.1. The van der Waals surface area contributed by atoms with Crippen LogP contribution in [0.1, 0.15) is 41.0 Å². The molecule has 0 aromatic rings. The van der Waals surface area contributed by atoms with Crippen LogP contribution in [-0.2, 0) is 9.59 Å². The van der Waals surface area contributed by atoms with E-state index in [4.69, 9.17) is 5.73 Å². The van der Waals surface area contributed by atoms with Crippen molar-refractivity contribution in [2.45, 2.75) is 53.1 Å². The number of hydrogen-bond donors (Lipinski definition) is 1. The molecule has 1 heterocycles. The zero-order valence-electron chi connectivity index (χ0n) is 11.5. The molecular weight excluding hydrogens is 216 g/mol. The second-order valence-corrected chi connectivity index (χ2v) is 6.20. The Kier molecular flexibility index (Phi) is 3.97. The molecule has 0 saturated carbocycles. The van der Waals surface area contributed by atoms with Gasteiger partial charge in [0.05, 0.1) is 6.04 Å². The van der Waals surface area contributed by atoms with Gasteiger partial charge >= 0.3 is 0 Å². The predicted molar refractivity (Wildman–Crippen MR) is 67.4 cm³/mol. The fourth-order valence-corrected chi connectivity index (χ4v) is 2.12. The van der Waals surface area contributed by atoms with E-state index in [2.05, 4.69) is 0 Å². The smallest absolute Gasteiger partial charge is 0.226 e. The highest BCUT2D eigenvalue weighted by atomic mass is 16.2. The first-order valence-electron chi connectivity index (χ1n) is 6.21. The van der Waals surface area contributed by atoms with Gasteiger partial charge < -0.3 is 10.6 Å². The Morgan fingerprint density at radius 3 is 2.29 bits per heavy atom. The average Bonchev–Trinajstić information content (AvgIpc) is 2.56. The Balaban J connectivity index is 2.84. The molecule has 2 N–H and O–H groups in total. The number of likely N-dealkylation sites (tertiary alicyclic amines) is 1. The van der Waals surface area contributed by atoms with Crippen molar-refractivity contribution in [3.05, 3.63) is 0 Å². The largest absolute Gasteiger partial charge is 0.331 e. The van der Waals surface area contributed by atoms with Gasteiger partial charge in [0.2, 0.25) is 5.91 Å². The van der Waals surface area contributed by atoms with Gasteiger partial charge in [-0.15, -0.1) is 0 Å². The van der Waals surface area contributed by atoms with Crippen LogP contribution in [0.2, 0.25) is 0 Å². The topological polar surface area (TPSA) is 63.4 Å². The lowest BCUT2D eigenvalue weighted by Crippen LogP contribution is -2.45. The summed E-state index contributed by atoms with van der Waals surface area (Å²) in [5.41, 5.74) is 5.76. The summed E-state index contributed by atoms with van der Waals surface area (Å²) in [5, 5.41) is 0. The first kappa shape index (κ1) is 14.2. The predicted octanol–water partition coefficient (Wildman–Crippen LogP) is 1.19. The van der Waals surface area contributed by atoms with Gasteiger partial charge in [-0.25, -0.2) is 0 Å². The van der Waals surface area contributed by atoms with E-state index in [1.54, 1.807) is 4.90 Å². The highest BCUT2D eigenvalue weighted by Gasteiger charge is 2.40. The molecule has 1 aliphatic rings. The first-order valence-corrected chi connectivity index (χ1v) is 6.21. The molecule has 3 atom stereocenters. The van der Waals surface area contributed by atoms with E-state index in [-0.39, 0.29) is 35.1 Å². The molecule has 4 nitrogen and oxygen atoms in total. The minimum Gasteiger partial charge on any atom is -0.331 e. The van der Waals surface area contributed by atoms with E-state index in [0.717, 1.165) is 0 Å². The van der Waals surface area contributed by atoms with Crippen molar-refractivity contribution in [1.82, 2.24) is 4.90 Å². The summed E-state index contributed by atoms with van der Waals surface area (Å²) >= 11 is 0. The number of carbonyl (C=O) groups excluding carboxylic acids is 2. The molecule has 17 heavy (non-hydrogen) atoms. The van der Waals surface area contributed by atoms with Gasteiger partial charge in [0.15, 0.2) is 5.78 Å². The van der Waals surface area contributed by atoms with Gasteiger partial charge in [-0.1, -0.05) is 27.7 Å². The molecular formula is C13H24N2O2. The monoisotopic (exact) mass is 240 g/mol. The molecule has 0 radical (unpaired) electrons. The minimum absolute atomic E-state index is 0.0346. The number of nitrogens with zero attached hydrogens (tertiary/aromatic N) is 1. The molecule has 1 saturated heterocycles. The Labute approximate surface area is 104 Å². The maximum absolute atomic E-state index is 12.4. The number of amides is 1. The third-order valence-corrected chi connectivity index (χ3v) is 3.76. The van der Waals surface area contributed by atoms with Crippen LogP contribution < -0.4 is 5.73 Å². The second-order valence-electron chi connectivity index (χ2n) is 6.20. The van der Waals surface area contributed by atoms with Crippen LogP contribution in [0.3, 0.4) is 0 Å². The molecule has 0 spiro atoms. The SMILES string of the molecule is CC(=O)C1CC(N)CN1C(=O)C(C)C(C)(C)C. The summed E-state index contributed by atoms with van der Waals surface area (Å²) in [6.07, 6.45) is 0.595. The van der Waals surface area contributed by atoms with Crippen LogP contribution in [-0.4, -0.2) is 35.2 Å². The van der Waals surface area contributed by atoms with Crippen molar-refractivity contribution in [1.29, 1.82) is 0 Å². The van der Waals surface area contributed by atoms with Gasteiger partial charge in [-0.3, -0.25) is 9.59 Å². The Morgan fingerprint density at radius 2 is 1.88 bits per heavy atom. The van der Waals surface area contributed by atoms with E-state index in [9.17, 15) is 9.59 Å². The zero-order chi connectivity index (χ0) is 13.4. The van der Waals surface area contributed by atoms with Crippen molar-refractivity contribution >= 4 is 11.7 Å². The van der Waals surface area contributed by atoms with Crippen LogP contribution >= 0.6 is 0 Å². The van der Waals surface area contributed by atoms with Crippen molar-refractivity contribution in [2.24, 2.45) is 17.1 Å². The van der Waals surface area contributed by atoms with Crippen molar-refractivity contribution in [3.63, 3.8) is 0 Å². The van der Waals surface area contributed by atoms with E-state index >= 15 is 0 Å². The molecule has 98 valence electrons. The fraction of sp³-hybridized carbons (Fsp3) is 0.846. The van der Waals surface area contributed by atoms with Crippen molar-refractivity contribution in [3.8, 4) is 0 Å². The molecule has 1 rings (SSSR count). The maximum atomic E-state index is 12.4. The minimum atomic E-state index is -0.317. The maximum Gasteiger partial charge on any atom is 0.226 e. The molecule has 1 fully saturated rings. The molecule has 0 aliphatic carbocycles. The number of hydrogen-bond acceptors (Lipinski definition) is 3. The standard InChI is InChI=1S/C13H24N2O2/c1-8(13(3,4)5)12(17)15-7-10(14)6-11(15)9(2)16/h8,10-11H,6-7,14H2,1-5H3. The van der Waals surface area contributed by atoms with Gasteiger partial charge in [-0.05, 0) is 18.8 Å². The highest BCUT2D eigenvalue weighted by Crippen LogP contribution is 2.30. The van der Waals surface area contributed by atoms with Gasteiger partial charge in [0.25, 0.3) is 0 Å². The van der Waals surface area contributed by atoms with Crippen LogP contribution in [0.25, 0.3) is 0 Å². The quantitative estimate of drug-likeness (QED) is 0.788. The van der Waals surface area contributed by atoms with Gasteiger partial charge in [0.1, 0.15) is 0 Å². The van der Waals surface area contributed by atoms with E-state index < -0.39 is 0 Å². The summed E-state index contributed by atoms with van der Waals surface area (Å²) in [4.78, 5) is 25.6. The summed E-state index contributed by atoms with van der Waals surface area (Å²) in [7, 11) is 0. The van der Waals surface area contributed by atoms with Gasteiger partial charge in [0, 0.05) is 18.5 Å². The number of nitrogens with two attached hydrogens (primary N) is 1. The lowest BCUT2D eigenvalue weighted by Gasteiger charge is -2.32. The van der Waals surface area contributed by atoms with E-state index in [1.165, 1.54) is 6.92 Å². The van der Waals surface area contributed by atoms with E-state index in [0.29, 0.717) is 13.0 Å². The lowest BCUT2D eigenvalue weighted by atomic mass is 9.81. The fourth-order valence-electron chi connectivity index (χ4n) is 2.12. The van der Waals surface area contributed by atoms with Crippen LogP contribution in [0, 0.1) is 11.3 Å². The summed E-state index contributed by atoms with van der Waals surface area (Å²) in [6, 6.07) is -0.387. The zero-order valence-corrected chi connectivity index (χ0v) is 11.5. The van der Waals surface area contributed by atoms with Crippen LogP contribution in [0.15, 0.2) is 0 Å². The third kappa shape index (κ3) is 3.06. The first-order chi connectivity index (χ1) is 7.64. The second kappa shape index (κ2) is 4.77. The third-order valence-electron chi connectivity index (χ3n) is 3.76. The summed E-state index contributed by atoms with van der Waals surface area (Å²) < 4.78 is 0. The van der Waals surface area contributed by atoms with Crippen molar-refractivity contribution < 1.29 is 9.59 Å². The van der Waals surface area contributed by atoms with Crippen LogP contribution in [0.5, 0.6) is 0 Å². The summed E-state index contributed by atoms with van der Waals surface area (Å²) in [5.74, 6) is -0.0206. The highest BCUT2D eigenvalue weighted by molar-refractivity contribution is 5.89. The molecule has 0 bridgehead atoms. The normalized spacial score (nSPS) is 27.1. The Hall–Kier alpha value is -0.900. The number of Topliss-reactive ketones (excluding diaryl/α,β-unsaturated/α-hetero) is 1. The number of carbonyl (C=O) groups is 2. The lowest BCUT2D eigenvalue weighted by molar-refractivity contribution is -0.142. The van der Waals surface area contributed by atoms with Crippen LogP contribution in [0.4, 0.5) is 0 Å². The molecule has 1 aliphatic heterocycles. The number of ketones is 1. The Morgan fingerprint density at radius 1 is 1.35 bits per heavy atom.